The molecule has 2 heterocycles. The van der Waals surface area contributed by atoms with Crippen LogP contribution in [-0.2, 0) is 6.42 Å². The number of thiophene rings is 1. The Morgan fingerprint density at radius 3 is 2.65 bits per heavy atom. The van der Waals surface area contributed by atoms with Gasteiger partial charge in [0.1, 0.15) is 10.9 Å². The smallest absolute Gasteiger partial charge is 0.268 e. The van der Waals surface area contributed by atoms with Crippen LogP contribution in [0.25, 0.3) is 22.2 Å². The van der Waals surface area contributed by atoms with E-state index in [1.54, 1.807) is 6.07 Å². The number of benzene rings is 1. The van der Waals surface area contributed by atoms with Crippen molar-refractivity contribution in [3.05, 3.63) is 46.8 Å². The quantitative estimate of drug-likeness (QED) is 0.730. The number of nitriles is 1. The van der Waals surface area contributed by atoms with E-state index >= 15 is 0 Å². The van der Waals surface area contributed by atoms with Gasteiger partial charge < -0.3 is 4.52 Å². The van der Waals surface area contributed by atoms with Gasteiger partial charge in [-0.15, -0.1) is 11.3 Å². The van der Waals surface area contributed by atoms with Crippen LogP contribution < -0.4 is 0 Å². The highest BCUT2D eigenvalue weighted by molar-refractivity contribution is 7.15. The van der Waals surface area contributed by atoms with Crippen molar-refractivity contribution in [2.75, 3.05) is 0 Å². The summed E-state index contributed by atoms with van der Waals surface area (Å²) in [4.78, 5) is 5.82. The molecule has 0 bridgehead atoms. The zero-order valence-corrected chi connectivity index (χ0v) is 11.6. The van der Waals surface area contributed by atoms with Crippen molar-refractivity contribution >= 4 is 11.3 Å². The van der Waals surface area contributed by atoms with Gasteiger partial charge in [-0.25, -0.2) is 0 Å². The van der Waals surface area contributed by atoms with E-state index in [2.05, 4.69) is 35.3 Å². The normalized spacial score (nSPS) is 10.4. The maximum absolute atomic E-state index is 8.82. The van der Waals surface area contributed by atoms with Gasteiger partial charge in [0.05, 0.1) is 4.88 Å². The largest absolute Gasteiger partial charge is 0.333 e. The van der Waals surface area contributed by atoms with Crippen LogP contribution in [0.4, 0.5) is 0 Å². The Balaban J connectivity index is 1.91. The van der Waals surface area contributed by atoms with Crippen LogP contribution in [0.5, 0.6) is 0 Å². The Kier molecular flexibility index (Phi) is 3.32. The zero-order valence-electron chi connectivity index (χ0n) is 10.8. The van der Waals surface area contributed by atoms with Gasteiger partial charge in [0.2, 0.25) is 5.82 Å². The molecule has 2 aromatic heterocycles. The van der Waals surface area contributed by atoms with Crippen LogP contribution in [0.15, 0.2) is 40.9 Å². The van der Waals surface area contributed by atoms with Gasteiger partial charge in [0.25, 0.3) is 5.89 Å². The van der Waals surface area contributed by atoms with Crippen LogP contribution in [-0.4, -0.2) is 10.1 Å². The molecule has 4 nitrogen and oxygen atoms in total. The molecule has 0 N–H and O–H groups in total. The molecule has 20 heavy (non-hydrogen) atoms. The Morgan fingerprint density at radius 1 is 1.20 bits per heavy atom. The maximum Gasteiger partial charge on any atom is 0.268 e. The monoisotopic (exact) mass is 281 g/mol. The van der Waals surface area contributed by atoms with Crippen LogP contribution >= 0.6 is 11.3 Å². The molecule has 0 aliphatic carbocycles. The minimum atomic E-state index is 0.450. The highest BCUT2D eigenvalue weighted by Gasteiger charge is 2.12. The zero-order chi connectivity index (χ0) is 13.9. The molecule has 0 saturated heterocycles. The summed E-state index contributed by atoms with van der Waals surface area (Å²) in [6, 6.07) is 13.8. The molecular formula is C15H11N3OS. The van der Waals surface area contributed by atoms with Crippen molar-refractivity contribution < 1.29 is 4.52 Å². The fourth-order valence-corrected chi connectivity index (χ4v) is 2.57. The lowest BCUT2D eigenvalue weighted by molar-refractivity contribution is 0.433. The summed E-state index contributed by atoms with van der Waals surface area (Å²) in [5.41, 5.74) is 2.20. The van der Waals surface area contributed by atoms with E-state index < -0.39 is 0 Å². The molecule has 3 rings (SSSR count). The molecule has 0 unspecified atom stereocenters. The summed E-state index contributed by atoms with van der Waals surface area (Å²) in [5, 5.41) is 12.8. The molecule has 0 radical (unpaired) electrons. The first-order valence-corrected chi connectivity index (χ1v) is 7.05. The summed E-state index contributed by atoms with van der Waals surface area (Å²) < 4.78 is 5.26. The Bertz CT molecular complexity index is 765. The van der Waals surface area contributed by atoms with Gasteiger partial charge in [-0.3, -0.25) is 0 Å². The number of rotatable bonds is 3. The van der Waals surface area contributed by atoms with Gasteiger partial charge in [-0.2, -0.15) is 10.2 Å². The predicted octanol–water partition coefficient (Wildman–Crippen LogP) is 3.90. The molecule has 0 amide bonds. The van der Waals surface area contributed by atoms with Crippen molar-refractivity contribution in [2.45, 2.75) is 13.3 Å². The van der Waals surface area contributed by atoms with Gasteiger partial charge >= 0.3 is 0 Å². The summed E-state index contributed by atoms with van der Waals surface area (Å²) in [5.74, 6) is 1.01. The maximum atomic E-state index is 8.82. The average Bonchev–Trinajstić information content (AvgIpc) is 3.16. The third-order valence-corrected chi connectivity index (χ3v) is 3.95. The van der Waals surface area contributed by atoms with Crippen LogP contribution in [0.2, 0.25) is 0 Å². The fourth-order valence-electron chi connectivity index (χ4n) is 1.84. The van der Waals surface area contributed by atoms with Gasteiger partial charge in [-0.05, 0) is 24.1 Å². The minimum Gasteiger partial charge on any atom is -0.333 e. The molecule has 0 spiro atoms. The highest BCUT2D eigenvalue weighted by atomic mass is 32.1. The molecule has 0 atom stereocenters. The lowest BCUT2D eigenvalue weighted by Gasteiger charge is -1.97. The van der Waals surface area contributed by atoms with Crippen molar-refractivity contribution in [1.82, 2.24) is 10.1 Å². The summed E-state index contributed by atoms with van der Waals surface area (Å²) in [7, 11) is 0. The van der Waals surface area contributed by atoms with E-state index in [1.807, 2.05) is 18.2 Å². The Morgan fingerprint density at radius 2 is 2.00 bits per heavy atom. The fraction of sp³-hybridized carbons (Fsp3) is 0.133. The average molecular weight is 281 g/mol. The van der Waals surface area contributed by atoms with Gasteiger partial charge in [-0.1, -0.05) is 36.3 Å². The van der Waals surface area contributed by atoms with E-state index in [-0.39, 0.29) is 0 Å². The van der Waals surface area contributed by atoms with Gasteiger partial charge in [0.15, 0.2) is 0 Å². The molecule has 98 valence electrons. The standard InChI is InChI=1S/C15H11N3OS/c1-2-10-3-5-11(6-4-10)14-17-15(19-18-14)13-8-7-12(9-16)20-13/h3-8H,2H2,1H3. The van der Waals surface area contributed by atoms with Crippen molar-refractivity contribution in [3.8, 4) is 28.2 Å². The molecule has 0 fully saturated rings. The van der Waals surface area contributed by atoms with Crippen LogP contribution in [0, 0.1) is 11.3 Å². The highest BCUT2D eigenvalue weighted by Crippen LogP contribution is 2.28. The summed E-state index contributed by atoms with van der Waals surface area (Å²) in [6.07, 6.45) is 1.00. The molecule has 0 aliphatic rings. The van der Waals surface area contributed by atoms with E-state index in [4.69, 9.17) is 9.78 Å². The molecule has 1 aromatic carbocycles. The molecule has 3 aromatic rings. The Labute approximate surface area is 120 Å². The first-order valence-electron chi connectivity index (χ1n) is 6.23. The van der Waals surface area contributed by atoms with Gasteiger partial charge in [0, 0.05) is 5.56 Å². The van der Waals surface area contributed by atoms with E-state index in [0.717, 1.165) is 16.9 Å². The van der Waals surface area contributed by atoms with E-state index in [0.29, 0.717) is 16.6 Å². The number of nitrogens with zero attached hydrogens (tertiary/aromatic N) is 3. The third kappa shape index (κ3) is 2.33. The van der Waals surface area contributed by atoms with E-state index in [9.17, 15) is 0 Å². The van der Waals surface area contributed by atoms with Crippen molar-refractivity contribution in [1.29, 1.82) is 5.26 Å². The number of aryl methyl sites for hydroxylation is 1. The summed E-state index contributed by atoms with van der Waals surface area (Å²) >= 11 is 1.34. The topological polar surface area (TPSA) is 62.7 Å². The number of hydrogen-bond donors (Lipinski definition) is 0. The SMILES string of the molecule is CCc1ccc(-c2noc(-c3ccc(C#N)s3)n2)cc1. The lowest BCUT2D eigenvalue weighted by atomic mass is 10.1. The molecular weight excluding hydrogens is 270 g/mol. The first-order chi connectivity index (χ1) is 9.80. The molecule has 0 saturated carbocycles. The summed E-state index contributed by atoms with van der Waals surface area (Å²) in [6.45, 7) is 2.12. The third-order valence-electron chi connectivity index (χ3n) is 2.97. The van der Waals surface area contributed by atoms with Crippen LogP contribution in [0.3, 0.4) is 0 Å². The van der Waals surface area contributed by atoms with Crippen LogP contribution in [0.1, 0.15) is 17.4 Å². The molecule has 5 heteroatoms. The number of aromatic nitrogens is 2. The Hall–Kier alpha value is -2.45. The number of hydrogen-bond acceptors (Lipinski definition) is 5. The molecule has 0 aliphatic heterocycles. The second kappa shape index (κ2) is 5.27. The van der Waals surface area contributed by atoms with E-state index in [1.165, 1.54) is 16.9 Å². The minimum absolute atomic E-state index is 0.450. The van der Waals surface area contributed by atoms with Crippen molar-refractivity contribution in [2.24, 2.45) is 0 Å². The lowest BCUT2D eigenvalue weighted by Crippen LogP contribution is -1.83. The second-order valence-electron chi connectivity index (χ2n) is 4.25. The predicted molar refractivity (Wildman–Crippen MR) is 77.1 cm³/mol. The second-order valence-corrected chi connectivity index (χ2v) is 5.33. The van der Waals surface area contributed by atoms with Crippen molar-refractivity contribution in [3.63, 3.8) is 0 Å². The first kappa shape index (κ1) is 12.6.